The van der Waals surface area contributed by atoms with Gasteiger partial charge in [-0.25, -0.2) is 0 Å². The van der Waals surface area contributed by atoms with Crippen LogP contribution >= 0.6 is 0 Å². The maximum atomic E-state index is 8.78. The molecule has 269 valence electrons. The standard InChI is InChI=1S/C28H24NO.C19H26NSi.Ir/c1-18(2)19(3)21-14-15-29-26(16-21)25-11-7-10-24-23-13-12-22(17-27(23)30-28(24)25)20-8-5-4-6-9-20;1-19(2,3)13-16-12-17(15-10-8-7-9-11-15)20-14-18(16)21(4,5)6;/h4-10,12-19H,1-3H3;7-10,12,14H,13H2,1-6H3;/q2*-1;/i19D;13D2;. The van der Waals surface area contributed by atoms with E-state index in [0.29, 0.717) is 0 Å². The number of rotatable bonds is 7. The van der Waals surface area contributed by atoms with Crippen molar-refractivity contribution < 1.29 is 28.6 Å². The Morgan fingerprint density at radius 1 is 0.788 bits per heavy atom. The molecule has 0 aliphatic heterocycles. The summed E-state index contributed by atoms with van der Waals surface area (Å²) < 4.78 is 32.6. The molecule has 1 radical (unpaired) electrons. The summed E-state index contributed by atoms with van der Waals surface area (Å²) in [6.45, 7) is 18.7. The first-order valence-corrected chi connectivity index (χ1v) is 21.3. The van der Waals surface area contributed by atoms with Crippen molar-refractivity contribution in [3.63, 3.8) is 0 Å². The first-order valence-electron chi connectivity index (χ1n) is 19.3. The fourth-order valence-electron chi connectivity index (χ4n) is 6.15. The van der Waals surface area contributed by atoms with E-state index in [0.717, 1.165) is 71.9 Å². The Kier molecular flexibility index (Phi) is 10.9. The van der Waals surface area contributed by atoms with Crippen LogP contribution in [0, 0.1) is 23.5 Å². The first kappa shape index (κ1) is 34.9. The van der Waals surface area contributed by atoms with Gasteiger partial charge >= 0.3 is 0 Å². The zero-order chi connectivity index (χ0) is 39.1. The van der Waals surface area contributed by atoms with Gasteiger partial charge in [0.2, 0.25) is 0 Å². The molecule has 3 aromatic heterocycles. The van der Waals surface area contributed by atoms with E-state index in [1.54, 1.807) is 6.20 Å². The van der Waals surface area contributed by atoms with Gasteiger partial charge in [0.15, 0.2) is 0 Å². The minimum absolute atomic E-state index is 0. The van der Waals surface area contributed by atoms with Crippen molar-refractivity contribution in [2.24, 2.45) is 11.3 Å². The van der Waals surface area contributed by atoms with Crippen LogP contribution in [0.2, 0.25) is 19.6 Å². The van der Waals surface area contributed by atoms with Gasteiger partial charge < -0.3 is 14.4 Å². The molecule has 0 fully saturated rings. The molecule has 0 bridgehead atoms. The number of fused-ring (bicyclic) bond motifs is 3. The molecule has 0 aliphatic rings. The maximum Gasteiger partial charge on any atom is 0.121 e. The van der Waals surface area contributed by atoms with Crippen LogP contribution in [0.5, 0.6) is 0 Å². The van der Waals surface area contributed by atoms with E-state index in [1.165, 1.54) is 0 Å². The van der Waals surface area contributed by atoms with Crippen LogP contribution in [-0.4, -0.2) is 18.0 Å². The molecule has 1 unspecified atom stereocenters. The zero-order valence-electron chi connectivity index (χ0n) is 34.7. The minimum atomic E-state index is -1.70. The summed E-state index contributed by atoms with van der Waals surface area (Å²) in [5.74, 6) is -0.505. The Morgan fingerprint density at radius 2 is 1.54 bits per heavy atom. The normalized spacial score (nSPS) is 14.1. The number of pyridine rings is 2. The van der Waals surface area contributed by atoms with E-state index in [9.17, 15) is 0 Å². The van der Waals surface area contributed by atoms with Crippen molar-refractivity contribution in [3.8, 4) is 33.6 Å². The second-order valence-electron chi connectivity index (χ2n) is 15.6. The van der Waals surface area contributed by atoms with Crippen molar-refractivity contribution in [2.45, 2.75) is 73.5 Å². The molecule has 0 saturated heterocycles. The van der Waals surface area contributed by atoms with Crippen LogP contribution in [-0.2, 0) is 26.5 Å². The summed E-state index contributed by atoms with van der Waals surface area (Å²) in [7, 11) is -1.70. The van der Waals surface area contributed by atoms with E-state index in [1.807, 2.05) is 107 Å². The first-order chi connectivity index (χ1) is 25.4. The van der Waals surface area contributed by atoms with Crippen LogP contribution < -0.4 is 5.19 Å². The Bertz CT molecular complexity index is 2400. The molecule has 0 saturated carbocycles. The van der Waals surface area contributed by atoms with Gasteiger partial charge in [-0.05, 0) is 63.4 Å². The molecule has 3 nitrogen and oxygen atoms in total. The molecule has 1 atom stereocenters. The topological polar surface area (TPSA) is 38.9 Å². The fourth-order valence-corrected chi connectivity index (χ4v) is 7.54. The molecule has 7 aromatic rings. The van der Waals surface area contributed by atoms with Crippen molar-refractivity contribution in [1.82, 2.24) is 9.97 Å². The van der Waals surface area contributed by atoms with Gasteiger partial charge in [-0.1, -0.05) is 138 Å². The number of aromatic nitrogens is 2. The molecular formula is C47H50IrN2OSi-2. The van der Waals surface area contributed by atoms with Gasteiger partial charge in [0.25, 0.3) is 0 Å². The minimum Gasteiger partial charge on any atom is -0.501 e. The van der Waals surface area contributed by atoms with E-state index < -0.39 is 25.8 Å². The predicted octanol–water partition coefficient (Wildman–Crippen LogP) is 12.6. The van der Waals surface area contributed by atoms with Crippen LogP contribution in [0.25, 0.3) is 55.6 Å². The SMILES string of the molecule is [2H]C(C)(c1ccnc(-c2[c-]ccc3c2oc2cc(-c4ccccc4)ccc23)c1)C(C)C.[2H]C([2H])(c1cc(-c2[c-]cccc2)ncc1[Si](C)(C)C)C(C)(C)C.[Ir]. The summed E-state index contributed by atoms with van der Waals surface area (Å²) in [5.41, 5.74) is 8.46. The average Bonchev–Trinajstić information content (AvgIpc) is 3.53. The molecule has 0 N–H and O–H groups in total. The third-order valence-electron chi connectivity index (χ3n) is 9.08. The van der Waals surface area contributed by atoms with E-state index in [4.69, 9.17) is 8.53 Å². The van der Waals surface area contributed by atoms with E-state index in [-0.39, 0.29) is 26.0 Å². The Hall–Kier alpha value is -4.15. The van der Waals surface area contributed by atoms with Gasteiger partial charge in [0.05, 0.1) is 13.7 Å². The van der Waals surface area contributed by atoms with Gasteiger partial charge in [-0.2, -0.15) is 0 Å². The Balaban J connectivity index is 0.000000217. The second kappa shape index (κ2) is 16.2. The maximum absolute atomic E-state index is 8.78. The summed E-state index contributed by atoms with van der Waals surface area (Å²) >= 11 is 0. The Morgan fingerprint density at radius 3 is 2.21 bits per heavy atom. The zero-order valence-corrected chi connectivity index (χ0v) is 35.1. The van der Waals surface area contributed by atoms with Crippen molar-refractivity contribution in [2.75, 3.05) is 0 Å². The van der Waals surface area contributed by atoms with Crippen molar-refractivity contribution in [3.05, 3.63) is 139 Å². The number of nitrogens with zero attached hydrogens (tertiary/aromatic N) is 2. The van der Waals surface area contributed by atoms with Gasteiger partial charge in [-0.3, -0.25) is 0 Å². The Labute approximate surface area is 329 Å². The van der Waals surface area contributed by atoms with Crippen molar-refractivity contribution in [1.29, 1.82) is 0 Å². The molecule has 0 aliphatic carbocycles. The van der Waals surface area contributed by atoms with Gasteiger partial charge in [-0.15, -0.1) is 54.1 Å². The molecule has 0 spiro atoms. The predicted molar refractivity (Wildman–Crippen MR) is 219 cm³/mol. The van der Waals surface area contributed by atoms with Crippen molar-refractivity contribution >= 4 is 35.2 Å². The van der Waals surface area contributed by atoms with E-state index in [2.05, 4.69) is 85.9 Å². The number of hydrogen-bond acceptors (Lipinski definition) is 3. The monoisotopic (exact) mass is 882 g/mol. The molecule has 0 amide bonds. The van der Waals surface area contributed by atoms with Crippen LogP contribution in [0.3, 0.4) is 0 Å². The van der Waals surface area contributed by atoms with Crippen LogP contribution in [0.4, 0.5) is 0 Å². The van der Waals surface area contributed by atoms with Crippen LogP contribution in [0.1, 0.15) is 62.7 Å². The number of furan rings is 1. The van der Waals surface area contributed by atoms with E-state index >= 15 is 0 Å². The largest absolute Gasteiger partial charge is 0.501 e. The third-order valence-corrected chi connectivity index (χ3v) is 11.1. The van der Waals surface area contributed by atoms with Crippen LogP contribution in [0.15, 0.2) is 120 Å². The molecule has 4 aromatic carbocycles. The smallest absolute Gasteiger partial charge is 0.121 e. The summed E-state index contributed by atoms with van der Waals surface area (Å²) in [5, 5.41) is 3.22. The number of hydrogen-bond donors (Lipinski definition) is 0. The molecular weight excluding hydrogens is 829 g/mol. The number of benzene rings is 4. The summed E-state index contributed by atoms with van der Waals surface area (Å²) in [4.78, 5) is 9.20. The quantitative estimate of drug-likeness (QED) is 0.118. The summed E-state index contributed by atoms with van der Waals surface area (Å²) in [6.07, 6.45) is 2.25. The van der Waals surface area contributed by atoms with Gasteiger partial charge in [0.1, 0.15) is 5.58 Å². The summed E-state index contributed by atoms with van der Waals surface area (Å²) in [6, 6.07) is 40.7. The molecule has 5 heteroatoms. The molecule has 3 heterocycles. The fraction of sp³-hybridized carbons (Fsp3) is 0.277. The second-order valence-corrected chi connectivity index (χ2v) is 20.6. The molecule has 52 heavy (non-hydrogen) atoms. The van der Waals surface area contributed by atoms with Gasteiger partial charge in [0, 0.05) is 42.0 Å². The molecule has 7 rings (SSSR count). The average molecular weight is 882 g/mol. The third kappa shape index (κ3) is 9.07.